The van der Waals surface area contributed by atoms with E-state index in [1.54, 1.807) is 12.1 Å². The normalized spacial score (nSPS) is 11.9. The third-order valence-electron chi connectivity index (χ3n) is 7.20. The van der Waals surface area contributed by atoms with Crippen LogP contribution < -0.4 is 5.32 Å². The minimum atomic E-state index is -0.989. The molecule has 5 aromatic carbocycles. The van der Waals surface area contributed by atoms with Gasteiger partial charge in [0.15, 0.2) is 0 Å². The average Bonchev–Trinajstić information content (AvgIpc) is 3.43. The van der Waals surface area contributed by atoms with E-state index in [-0.39, 0.29) is 24.1 Å². The molecule has 2 N–H and O–H groups in total. The number of rotatable bonds is 7. The van der Waals surface area contributed by atoms with Gasteiger partial charge < -0.3 is 10.4 Å². The summed E-state index contributed by atoms with van der Waals surface area (Å²) in [5.41, 5.74) is 5.65. The summed E-state index contributed by atoms with van der Waals surface area (Å²) in [5, 5.41) is 23.4. The molecule has 0 spiro atoms. The Kier molecular flexibility index (Phi) is 6.54. The summed E-state index contributed by atoms with van der Waals surface area (Å²) in [6.45, 7) is 2.30. The van der Waals surface area contributed by atoms with Crippen LogP contribution in [0.3, 0.4) is 0 Å². The number of aromatic nitrogens is 3. The zero-order chi connectivity index (χ0) is 27.6. The van der Waals surface area contributed by atoms with E-state index in [1.165, 1.54) is 12.1 Å². The Labute approximate surface area is 230 Å². The molecule has 40 heavy (non-hydrogen) atoms. The van der Waals surface area contributed by atoms with Gasteiger partial charge in [0.2, 0.25) is 0 Å². The van der Waals surface area contributed by atoms with E-state index < -0.39 is 5.97 Å². The maximum Gasteiger partial charge on any atom is 0.335 e. The fraction of sp³-hybridized carbons (Fsp3) is 0.0909. The van der Waals surface area contributed by atoms with Crippen LogP contribution in [0.1, 0.15) is 44.8 Å². The smallest absolute Gasteiger partial charge is 0.335 e. The predicted molar refractivity (Wildman–Crippen MR) is 155 cm³/mol. The minimum absolute atomic E-state index is 0.174. The number of carboxylic acid groups (broad SMARTS) is 1. The summed E-state index contributed by atoms with van der Waals surface area (Å²) in [6.07, 6.45) is 0. The van der Waals surface area contributed by atoms with Gasteiger partial charge in [-0.25, -0.2) is 9.48 Å². The van der Waals surface area contributed by atoms with E-state index >= 15 is 0 Å². The molecule has 0 aliphatic rings. The molecule has 1 aromatic heterocycles. The topological polar surface area (TPSA) is 97.1 Å². The van der Waals surface area contributed by atoms with E-state index in [0.717, 1.165) is 33.0 Å². The van der Waals surface area contributed by atoms with Gasteiger partial charge in [-0.1, -0.05) is 84.1 Å². The van der Waals surface area contributed by atoms with Crippen molar-refractivity contribution in [1.82, 2.24) is 20.3 Å². The second kappa shape index (κ2) is 10.5. The average molecular weight is 527 g/mol. The van der Waals surface area contributed by atoms with Gasteiger partial charge in [0.1, 0.15) is 11.0 Å². The van der Waals surface area contributed by atoms with Crippen molar-refractivity contribution in [2.24, 2.45) is 0 Å². The maximum absolute atomic E-state index is 13.7. The SMILES string of the molecule is C[C@H](c1ccc2ccccc2c1)n1nnc2cc(-c3ccccc3)cc(C(=O)NCc3ccc(C(=O)O)cc3)c21. The van der Waals surface area contributed by atoms with E-state index in [9.17, 15) is 9.59 Å². The van der Waals surface area contributed by atoms with Crippen LogP contribution in [0.2, 0.25) is 0 Å². The third kappa shape index (κ3) is 4.80. The first kappa shape index (κ1) is 25.0. The van der Waals surface area contributed by atoms with Crippen LogP contribution in [0.15, 0.2) is 109 Å². The quantitative estimate of drug-likeness (QED) is 0.248. The number of fused-ring (bicyclic) bond motifs is 2. The Morgan fingerprint density at radius 3 is 2.30 bits per heavy atom. The Bertz CT molecular complexity index is 1860. The number of carbonyl (C=O) groups excluding carboxylic acids is 1. The largest absolute Gasteiger partial charge is 0.478 e. The van der Waals surface area contributed by atoms with Gasteiger partial charge in [-0.2, -0.15) is 0 Å². The van der Waals surface area contributed by atoms with Crippen molar-refractivity contribution in [3.05, 3.63) is 131 Å². The number of carbonyl (C=O) groups is 2. The molecule has 0 saturated carbocycles. The highest BCUT2D eigenvalue weighted by Gasteiger charge is 2.22. The number of hydrogen-bond acceptors (Lipinski definition) is 4. The zero-order valence-corrected chi connectivity index (χ0v) is 21.8. The fourth-order valence-corrected chi connectivity index (χ4v) is 4.97. The van der Waals surface area contributed by atoms with Crippen LogP contribution in [-0.2, 0) is 6.54 Å². The van der Waals surface area contributed by atoms with E-state index in [1.807, 2.05) is 59.3 Å². The van der Waals surface area contributed by atoms with Gasteiger partial charge in [0, 0.05) is 6.54 Å². The zero-order valence-electron chi connectivity index (χ0n) is 21.8. The summed E-state index contributed by atoms with van der Waals surface area (Å²) < 4.78 is 1.81. The first-order valence-electron chi connectivity index (χ1n) is 13.0. The summed E-state index contributed by atoms with van der Waals surface area (Å²) >= 11 is 0. The predicted octanol–water partition coefficient (Wildman–Crippen LogP) is 6.49. The lowest BCUT2D eigenvalue weighted by Gasteiger charge is -2.16. The number of amides is 1. The van der Waals surface area contributed by atoms with Crippen molar-refractivity contribution < 1.29 is 14.7 Å². The monoisotopic (exact) mass is 526 g/mol. The number of nitrogens with one attached hydrogen (secondary N) is 1. The molecule has 0 bridgehead atoms. The lowest BCUT2D eigenvalue weighted by atomic mass is 10.00. The second-order valence-corrected chi connectivity index (χ2v) is 9.76. The van der Waals surface area contributed by atoms with Crippen LogP contribution in [0, 0.1) is 0 Å². The number of benzene rings is 5. The Morgan fingerprint density at radius 1 is 0.825 bits per heavy atom. The van der Waals surface area contributed by atoms with Gasteiger partial charge in [0.05, 0.1) is 17.2 Å². The highest BCUT2D eigenvalue weighted by Crippen LogP contribution is 2.31. The molecule has 1 amide bonds. The Balaban J connectivity index is 1.40. The molecule has 0 aliphatic heterocycles. The molecular weight excluding hydrogens is 500 g/mol. The van der Waals surface area contributed by atoms with Crippen LogP contribution in [-0.4, -0.2) is 32.0 Å². The first-order chi connectivity index (χ1) is 19.5. The highest BCUT2D eigenvalue weighted by molar-refractivity contribution is 6.06. The van der Waals surface area contributed by atoms with Crippen molar-refractivity contribution >= 4 is 33.7 Å². The van der Waals surface area contributed by atoms with Gasteiger partial charge in [0.25, 0.3) is 5.91 Å². The number of nitrogens with zero attached hydrogens (tertiary/aromatic N) is 3. The van der Waals surface area contributed by atoms with E-state index in [0.29, 0.717) is 16.6 Å². The molecule has 1 atom stereocenters. The molecule has 6 aromatic rings. The van der Waals surface area contributed by atoms with Crippen molar-refractivity contribution in [2.75, 3.05) is 0 Å². The third-order valence-corrected chi connectivity index (χ3v) is 7.20. The van der Waals surface area contributed by atoms with Crippen LogP contribution in [0.25, 0.3) is 32.9 Å². The number of hydrogen-bond donors (Lipinski definition) is 2. The molecule has 1 heterocycles. The van der Waals surface area contributed by atoms with Gasteiger partial charge in [-0.3, -0.25) is 4.79 Å². The maximum atomic E-state index is 13.7. The highest BCUT2D eigenvalue weighted by atomic mass is 16.4. The fourth-order valence-electron chi connectivity index (χ4n) is 4.97. The molecule has 0 radical (unpaired) electrons. The molecule has 0 saturated heterocycles. The summed E-state index contributed by atoms with van der Waals surface area (Å²) in [6, 6.07) is 34.5. The summed E-state index contributed by atoms with van der Waals surface area (Å²) in [5.74, 6) is -1.25. The molecule has 7 nitrogen and oxygen atoms in total. The second-order valence-electron chi connectivity index (χ2n) is 9.76. The lowest BCUT2D eigenvalue weighted by Crippen LogP contribution is -2.24. The van der Waals surface area contributed by atoms with Crippen molar-refractivity contribution in [3.63, 3.8) is 0 Å². The van der Waals surface area contributed by atoms with Crippen LogP contribution in [0.4, 0.5) is 0 Å². The lowest BCUT2D eigenvalue weighted by molar-refractivity contribution is 0.0696. The van der Waals surface area contributed by atoms with Crippen molar-refractivity contribution in [2.45, 2.75) is 19.5 Å². The van der Waals surface area contributed by atoms with Crippen LogP contribution >= 0.6 is 0 Å². The number of carboxylic acids is 1. The van der Waals surface area contributed by atoms with E-state index in [4.69, 9.17) is 5.11 Å². The minimum Gasteiger partial charge on any atom is -0.478 e. The van der Waals surface area contributed by atoms with Crippen molar-refractivity contribution in [1.29, 1.82) is 0 Å². The Hall–Kier alpha value is -5.30. The first-order valence-corrected chi connectivity index (χ1v) is 13.0. The van der Waals surface area contributed by atoms with Crippen molar-refractivity contribution in [3.8, 4) is 11.1 Å². The molecule has 6 rings (SSSR count). The molecule has 0 unspecified atom stereocenters. The molecular formula is C33H26N4O3. The van der Waals surface area contributed by atoms with Gasteiger partial charge in [-0.05, 0) is 70.3 Å². The molecule has 0 aliphatic carbocycles. The molecule has 196 valence electrons. The molecule has 0 fully saturated rings. The number of aromatic carboxylic acids is 1. The van der Waals surface area contributed by atoms with E-state index in [2.05, 4.69) is 52.9 Å². The summed E-state index contributed by atoms with van der Waals surface area (Å²) in [4.78, 5) is 24.9. The molecule has 7 heteroatoms. The summed E-state index contributed by atoms with van der Waals surface area (Å²) in [7, 11) is 0. The van der Waals surface area contributed by atoms with Gasteiger partial charge >= 0.3 is 5.97 Å². The standard InChI is InChI=1S/C33H26N4O3/c1-21(26-16-15-24-9-5-6-10-27(24)17-26)37-31-29(32(38)34-20-22-11-13-25(14-12-22)33(39)40)18-28(19-30(31)35-36-37)23-7-3-2-4-8-23/h2-19,21H,20H2,1H3,(H,34,38)(H,39,40)/t21-/m1/s1. The Morgan fingerprint density at radius 2 is 1.55 bits per heavy atom. The van der Waals surface area contributed by atoms with Crippen LogP contribution in [0.5, 0.6) is 0 Å². The van der Waals surface area contributed by atoms with Gasteiger partial charge in [-0.15, -0.1) is 5.10 Å².